The molecule has 1 aromatic carbocycles. The Balaban J connectivity index is 2.17. The maximum absolute atomic E-state index is 5.26. The summed E-state index contributed by atoms with van der Waals surface area (Å²) in [5.74, 6) is 0.876. The first kappa shape index (κ1) is 12.9. The predicted octanol–water partition coefficient (Wildman–Crippen LogP) is 2.80. The minimum Gasteiger partial charge on any atom is -0.497 e. The molecule has 0 fully saturated rings. The number of aromatic nitrogens is 2. The van der Waals surface area contributed by atoms with Crippen LogP contribution in [0.5, 0.6) is 5.75 Å². The highest BCUT2D eigenvalue weighted by molar-refractivity contribution is 5.82. The van der Waals surface area contributed by atoms with E-state index in [1.807, 2.05) is 18.2 Å². The van der Waals surface area contributed by atoms with Crippen molar-refractivity contribution in [3.05, 3.63) is 23.9 Å². The van der Waals surface area contributed by atoms with Gasteiger partial charge >= 0.3 is 0 Å². The van der Waals surface area contributed by atoms with Gasteiger partial charge in [-0.3, -0.25) is 5.10 Å². The van der Waals surface area contributed by atoms with Crippen LogP contribution in [0.2, 0.25) is 0 Å². The van der Waals surface area contributed by atoms with E-state index < -0.39 is 0 Å². The molecule has 0 atom stereocenters. The number of H-pyrrole nitrogens is 1. The zero-order valence-corrected chi connectivity index (χ0v) is 11.4. The lowest BCUT2D eigenvalue weighted by Gasteiger charge is -2.15. The van der Waals surface area contributed by atoms with Crippen LogP contribution in [-0.4, -0.2) is 35.8 Å². The van der Waals surface area contributed by atoms with Crippen LogP contribution in [0, 0.1) is 0 Å². The third-order valence-corrected chi connectivity index (χ3v) is 3.16. The van der Waals surface area contributed by atoms with E-state index in [0.29, 0.717) is 0 Å². The zero-order valence-electron chi connectivity index (χ0n) is 11.4. The summed E-state index contributed by atoms with van der Waals surface area (Å²) >= 11 is 0. The molecule has 1 aromatic heterocycles. The molecule has 4 heteroatoms. The van der Waals surface area contributed by atoms with Crippen molar-refractivity contribution in [2.75, 3.05) is 20.7 Å². The first-order valence-electron chi connectivity index (χ1n) is 6.44. The predicted molar refractivity (Wildman–Crippen MR) is 73.9 cm³/mol. The number of aromatic amines is 1. The maximum atomic E-state index is 5.26. The molecule has 0 radical (unpaired) electrons. The quantitative estimate of drug-likeness (QED) is 0.853. The van der Waals surface area contributed by atoms with E-state index in [2.05, 4.69) is 29.1 Å². The van der Waals surface area contributed by atoms with Crippen molar-refractivity contribution in [1.82, 2.24) is 15.1 Å². The molecule has 0 amide bonds. The highest BCUT2D eigenvalue weighted by Gasteiger charge is 2.08. The molecular weight excluding hydrogens is 226 g/mol. The van der Waals surface area contributed by atoms with Crippen molar-refractivity contribution in [3.8, 4) is 5.75 Å². The Bertz CT molecular complexity index is 507. The summed E-state index contributed by atoms with van der Waals surface area (Å²) < 4.78 is 5.26. The number of unbranched alkanes of at least 4 members (excludes halogenated alkanes) is 1. The monoisotopic (exact) mass is 247 g/mol. The van der Waals surface area contributed by atoms with Crippen molar-refractivity contribution in [2.45, 2.75) is 26.3 Å². The van der Waals surface area contributed by atoms with E-state index >= 15 is 0 Å². The Hall–Kier alpha value is -1.55. The average molecular weight is 247 g/mol. The summed E-state index contributed by atoms with van der Waals surface area (Å²) in [6, 6.07) is 5.97. The number of ether oxygens (including phenoxy) is 1. The largest absolute Gasteiger partial charge is 0.497 e. The number of benzene rings is 1. The Morgan fingerprint density at radius 3 is 2.94 bits per heavy atom. The fourth-order valence-corrected chi connectivity index (χ4v) is 2.07. The molecule has 0 unspecified atom stereocenters. The zero-order chi connectivity index (χ0) is 13.0. The molecule has 2 rings (SSSR count). The number of fused-ring (bicyclic) bond motifs is 1. The summed E-state index contributed by atoms with van der Waals surface area (Å²) in [7, 11) is 3.83. The molecule has 18 heavy (non-hydrogen) atoms. The minimum absolute atomic E-state index is 0.876. The lowest BCUT2D eigenvalue weighted by atomic mass is 10.2. The van der Waals surface area contributed by atoms with Crippen LogP contribution in [0.3, 0.4) is 0 Å². The summed E-state index contributed by atoms with van der Waals surface area (Å²) in [4.78, 5) is 2.32. The molecule has 4 nitrogen and oxygen atoms in total. The summed E-state index contributed by atoms with van der Waals surface area (Å²) in [5, 5.41) is 8.60. The van der Waals surface area contributed by atoms with E-state index in [1.165, 1.54) is 12.8 Å². The maximum Gasteiger partial charge on any atom is 0.119 e. The van der Waals surface area contributed by atoms with Crippen molar-refractivity contribution < 1.29 is 4.74 Å². The van der Waals surface area contributed by atoms with Gasteiger partial charge in [0, 0.05) is 11.9 Å². The first-order valence-corrected chi connectivity index (χ1v) is 6.44. The summed E-state index contributed by atoms with van der Waals surface area (Å²) in [5.41, 5.74) is 2.15. The van der Waals surface area contributed by atoms with Crippen LogP contribution in [0.15, 0.2) is 18.2 Å². The van der Waals surface area contributed by atoms with E-state index in [9.17, 15) is 0 Å². The first-order chi connectivity index (χ1) is 8.74. The lowest BCUT2D eigenvalue weighted by Crippen LogP contribution is -2.19. The number of hydrogen-bond donors (Lipinski definition) is 1. The molecule has 0 saturated heterocycles. The number of nitrogens with zero attached hydrogens (tertiary/aromatic N) is 2. The molecule has 0 saturated carbocycles. The van der Waals surface area contributed by atoms with Gasteiger partial charge in [0.25, 0.3) is 0 Å². The molecule has 0 aliphatic carbocycles. The van der Waals surface area contributed by atoms with Gasteiger partial charge in [-0.15, -0.1) is 0 Å². The van der Waals surface area contributed by atoms with Crippen molar-refractivity contribution >= 4 is 10.9 Å². The van der Waals surface area contributed by atoms with Crippen molar-refractivity contribution in [2.24, 2.45) is 0 Å². The minimum atomic E-state index is 0.876. The van der Waals surface area contributed by atoms with E-state index in [4.69, 9.17) is 4.74 Å². The molecular formula is C14H21N3O. The molecule has 2 aromatic rings. The van der Waals surface area contributed by atoms with Gasteiger partial charge in [0.1, 0.15) is 5.75 Å². The van der Waals surface area contributed by atoms with Crippen LogP contribution in [0.1, 0.15) is 25.5 Å². The van der Waals surface area contributed by atoms with Gasteiger partial charge in [0.2, 0.25) is 0 Å². The molecule has 0 aliphatic heterocycles. The fourth-order valence-electron chi connectivity index (χ4n) is 2.07. The molecule has 1 heterocycles. The Labute approximate surface area is 108 Å². The summed E-state index contributed by atoms with van der Waals surface area (Å²) in [6.07, 6.45) is 2.45. The molecule has 0 spiro atoms. The van der Waals surface area contributed by atoms with Gasteiger partial charge in [-0.25, -0.2) is 0 Å². The molecule has 98 valence electrons. The van der Waals surface area contributed by atoms with Gasteiger partial charge in [0.05, 0.1) is 18.3 Å². The molecule has 1 N–H and O–H groups in total. The van der Waals surface area contributed by atoms with E-state index in [1.54, 1.807) is 7.11 Å². The highest BCUT2D eigenvalue weighted by Crippen LogP contribution is 2.22. The van der Waals surface area contributed by atoms with Crippen LogP contribution in [-0.2, 0) is 6.54 Å². The van der Waals surface area contributed by atoms with E-state index in [-0.39, 0.29) is 0 Å². The van der Waals surface area contributed by atoms with Gasteiger partial charge < -0.3 is 9.64 Å². The second-order valence-electron chi connectivity index (χ2n) is 4.68. The Morgan fingerprint density at radius 1 is 1.39 bits per heavy atom. The van der Waals surface area contributed by atoms with Crippen molar-refractivity contribution in [3.63, 3.8) is 0 Å². The van der Waals surface area contributed by atoms with Crippen LogP contribution >= 0.6 is 0 Å². The number of methoxy groups -OCH3 is 1. The number of rotatable bonds is 6. The topological polar surface area (TPSA) is 41.2 Å². The number of hydrogen-bond acceptors (Lipinski definition) is 3. The molecule has 0 aliphatic rings. The third-order valence-electron chi connectivity index (χ3n) is 3.16. The smallest absolute Gasteiger partial charge is 0.119 e. The second-order valence-corrected chi connectivity index (χ2v) is 4.68. The Kier molecular flexibility index (Phi) is 4.20. The van der Waals surface area contributed by atoms with Gasteiger partial charge in [-0.1, -0.05) is 13.3 Å². The summed E-state index contributed by atoms with van der Waals surface area (Å²) in [6.45, 7) is 4.22. The van der Waals surface area contributed by atoms with Crippen LogP contribution in [0.4, 0.5) is 0 Å². The number of nitrogens with one attached hydrogen (secondary N) is 1. The molecule has 0 bridgehead atoms. The SMILES string of the molecule is CCCCN(C)Cc1[nH]nc2ccc(OC)cc12. The Morgan fingerprint density at radius 2 is 2.22 bits per heavy atom. The van der Waals surface area contributed by atoms with E-state index in [0.717, 1.165) is 35.4 Å². The highest BCUT2D eigenvalue weighted by atomic mass is 16.5. The third kappa shape index (κ3) is 2.82. The van der Waals surface area contributed by atoms with Crippen LogP contribution in [0.25, 0.3) is 10.9 Å². The van der Waals surface area contributed by atoms with Gasteiger partial charge in [-0.05, 0) is 38.2 Å². The normalized spacial score (nSPS) is 11.3. The second kappa shape index (κ2) is 5.87. The lowest BCUT2D eigenvalue weighted by molar-refractivity contribution is 0.318. The average Bonchev–Trinajstić information content (AvgIpc) is 2.78. The van der Waals surface area contributed by atoms with Crippen LogP contribution < -0.4 is 4.74 Å². The van der Waals surface area contributed by atoms with Gasteiger partial charge in [0.15, 0.2) is 0 Å². The fraction of sp³-hybridized carbons (Fsp3) is 0.500. The van der Waals surface area contributed by atoms with Crippen molar-refractivity contribution in [1.29, 1.82) is 0 Å². The van der Waals surface area contributed by atoms with Gasteiger partial charge in [-0.2, -0.15) is 5.10 Å². The standard InChI is InChI=1S/C14H21N3O/c1-4-5-8-17(2)10-14-12-9-11(18-3)6-7-13(12)15-16-14/h6-7,9H,4-5,8,10H2,1-3H3,(H,15,16).